The van der Waals surface area contributed by atoms with E-state index in [2.05, 4.69) is 0 Å². The summed E-state index contributed by atoms with van der Waals surface area (Å²) in [6.45, 7) is 2.46. The molecule has 2 aliphatic rings. The average Bonchev–Trinajstić information content (AvgIpc) is 3.31. The number of carbonyl (C=O) groups is 6. The molecular weight excluding hydrogens is 468 g/mol. The summed E-state index contributed by atoms with van der Waals surface area (Å²) in [6, 6.07) is 0. The van der Waals surface area contributed by atoms with Crippen molar-refractivity contribution in [3.05, 3.63) is 0 Å². The molecule has 2 aliphatic heterocycles. The summed E-state index contributed by atoms with van der Waals surface area (Å²) in [6.07, 6.45) is 2.73. The van der Waals surface area contributed by atoms with E-state index in [1.807, 2.05) is 0 Å². The summed E-state index contributed by atoms with van der Waals surface area (Å²) in [5.74, 6) is -3.21. The zero-order valence-corrected chi connectivity index (χ0v) is 19.7. The van der Waals surface area contributed by atoms with Crippen LogP contribution in [-0.2, 0) is 52.7 Å². The Morgan fingerprint density at radius 3 is 1.17 bits per heavy atom. The summed E-state index contributed by atoms with van der Waals surface area (Å²) in [5.41, 5.74) is 0. The number of rotatable bonds is 18. The average molecular weight is 501 g/mol. The Kier molecular flexibility index (Phi) is 12.9. The van der Waals surface area contributed by atoms with Crippen molar-refractivity contribution in [1.82, 2.24) is 10.1 Å². The highest BCUT2D eigenvalue weighted by Crippen LogP contribution is 2.14. The quantitative estimate of drug-likeness (QED) is 0.192. The zero-order valence-electron chi connectivity index (χ0n) is 19.7. The van der Waals surface area contributed by atoms with Gasteiger partial charge in [-0.05, 0) is 25.7 Å². The molecule has 0 bridgehead atoms. The van der Waals surface area contributed by atoms with Gasteiger partial charge < -0.3 is 23.9 Å². The molecule has 0 aromatic heterocycles. The first-order valence-electron chi connectivity index (χ1n) is 11.7. The Hall–Kier alpha value is -2.90. The van der Waals surface area contributed by atoms with Gasteiger partial charge in [0, 0.05) is 51.7 Å². The van der Waals surface area contributed by atoms with Gasteiger partial charge in [0.1, 0.15) is 0 Å². The lowest BCUT2D eigenvalue weighted by atomic mass is 10.2. The third kappa shape index (κ3) is 10.9. The van der Waals surface area contributed by atoms with Crippen LogP contribution >= 0.6 is 0 Å². The van der Waals surface area contributed by atoms with E-state index >= 15 is 0 Å². The highest BCUT2D eigenvalue weighted by Gasteiger charge is 2.33. The minimum atomic E-state index is -0.619. The Bertz CT molecular complexity index is 677. The predicted octanol–water partition coefficient (Wildman–Crippen LogP) is 0.591. The van der Waals surface area contributed by atoms with Gasteiger partial charge in [0.05, 0.1) is 26.4 Å². The Balaban J connectivity index is 1.30. The van der Waals surface area contributed by atoms with Crippen LogP contribution in [0.1, 0.15) is 64.2 Å². The lowest BCUT2D eigenvalue weighted by Gasteiger charge is -2.12. The number of ether oxygens (including phenoxy) is 3. The maximum absolute atomic E-state index is 11.6. The summed E-state index contributed by atoms with van der Waals surface area (Å²) >= 11 is 0. The monoisotopic (exact) mass is 500 g/mol. The van der Waals surface area contributed by atoms with Crippen molar-refractivity contribution in [3.63, 3.8) is 0 Å². The second-order valence-electron chi connectivity index (χ2n) is 7.84. The summed E-state index contributed by atoms with van der Waals surface area (Å²) in [5, 5.41) is 1.08. The third-order valence-electron chi connectivity index (χ3n) is 4.98. The van der Waals surface area contributed by atoms with Gasteiger partial charge in [0.25, 0.3) is 23.6 Å². The molecule has 13 heteroatoms. The lowest BCUT2D eigenvalue weighted by Crippen LogP contribution is -2.31. The van der Waals surface area contributed by atoms with Gasteiger partial charge in [-0.2, -0.15) is 0 Å². The highest BCUT2D eigenvalue weighted by atomic mass is 16.7. The van der Waals surface area contributed by atoms with Crippen molar-refractivity contribution in [3.8, 4) is 0 Å². The molecule has 4 amide bonds. The fourth-order valence-corrected chi connectivity index (χ4v) is 3.10. The van der Waals surface area contributed by atoms with Crippen LogP contribution < -0.4 is 0 Å². The Morgan fingerprint density at radius 1 is 0.514 bits per heavy atom. The van der Waals surface area contributed by atoms with Crippen LogP contribution in [0, 0.1) is 0 Å². The van der Waals surface area contributed by atoms with Crippen LogP contribution in [0.3, 0.4) is 0 Å². The number of hydrogen-bond donors (Lipinski definition) is 0. The van der Waals surface area contributed by atoms with E-state index in [0.717, 1.165) is 0 Å². The van der Waals surface area contributed by atoms with Gasteiger partial charge in [-0.25, -0.2) is 9.59 Å². The first kappa shape index (κ1) is 28.3. The van der Waals surface area contributed by atoms with Crippen molar-refractivity contribution < 1.29 is 52.7 Å². The molecule has 0 aliphatic carbocycles. The van der Waals surface area contributed by atoms with Crippen molar-refractivity contribution in [2.24, 2.45) is 0 Å². The Morgan fingerprint density at radius 2 is 0.829 bits per heavy atom. The molecule has 0 spiro atoms. The molecule has 0 N–H and O–H groups in total. The van der Waals surface area contributed by atoms with E-state index in [1.54, 1.807) is 0 Å². The maximum Gasteiger partial charge on any atom is 0.333 e. The van der Waals surface area contributed by atoms with E-state index in [1.165, 1.54) is 0 Å². The van der Waals surface area contributed by atoms with E-state index in [-0.39, 0.29) is 38.5 Å². The Labute approximate surface area is 202 Å². The molecule has 0 radical (unpaired) electrons. The minimum absolute atomic E-state index is 0.0703. The van der Waals surface area contributed by atoms with Gasteiger partial charge in [0.2, 0.25) is 0 Å². The third-order valence-corrected chi connectivity index (χ3v) is 4.98. The molecule has 0 aromatic carbocycles. The second-order valence-corrected chi connectivity index (χ2v) is 7.84. The summed E-state index contributed by atoms with van der Waals surface area (Å²) < 4.78 is 16.2. The molecule has 0 atom stereocenters. The van der Waals surface area contributed by atoms with Gasteiger partial charge in [-0.15, -0.1) is 10.1 Å². The predicted molar refractivity (Wildman–Crippen MR) is 115 cm³/mol. The van der Waals surface area contributed by atoms with E-state index in [0.29, 0.717) is 75.5 Å². The molecule has 0 unspecified atom stereocenters. The van der Waals surface area contributed by atoms with Crippen molar-refractivity contribution in [2.45, 2.75) is 64.2 Å². The van der Waals surface area contributed by atoms with Crippen LogP contribution in [0.4, 0.5) is 0 Å². The van der Waals surface area contributed by atoms with Crippen LogP contribution in [-0.4, -0.2) is 85.3 Å². The van der Waals surface area contributed by atoms with Crippen LogP contribution in [0.2, 0.25) is 0 Å². The number of nitrogens with zero attached hydrogens (tertiary/aromatic N) is 2. The molecular formula is C22H32N2O11. The number of carbonyl (C=O) groups excluding carboxylic acids is 6. The number of hydrogen-bond acceptors (Lipinski definition) is 11. The minimum Gasteiger partial charge on any atom is -0.379 e. The van der Waals surface area contributed by atoms with Gasteiger partial charge >= 0.3 is 11.9 Å². The zero-order chi connectivity index (χ0) is 25.5. The van der Waals surface area contributed by atoms with E-state index in [4.69, 9.17) is 23.9 Å². The van der Waals surface area contributed by atoms with Crippen LogP contribution in [0.15, 0.2) is 0 Å². The van der Waals surface area contributed by atoms with E-state index < -0.39 is 35.6 Å². The number of imide groups is 2. The largest absolute Gasteiger partial charge is 0.379 e. The van der Waals surface area contributed by atoms with Crippen LogP contribution in [0.5, 0.6) is 0 Å². The normalized spacial score (nSPS) is 15.9. The molecule has 2 rings (SSSR count). The number of unbranched alkanes of at least 4 members (excludes halogenated alkanes) is 2. The number of hydroxylamine groups is 4. The molecule has 0 aromatic rings. The molecule has 13 nitrogen and oxygen atoms in total. The standard InChI is InChI=1S/C22H32N2O11/c25-17-7-8-18(26)23(17)34-21(29)5-1-3-11-31-13-15-33-16-14-32-12-4-2-6-22(30)35-24-19(27)9-10-20(24)28/h1-16H2. The molecule has 35 heavy (non-hydrogen) atoms. The molecule has 2 heterocycles. The SMILES string of the molecule is O=C(CCCCOCCOCCOCCCCC(=O)ON1C(=O)CCC1=O)ON1C(=O)CCC1=O. The van der Waals surface area contributed by atoms with Crippen molar-refractivity contribution in [1.29, 1.82) is 0 Å². The molecule has 196 valence electrons. The fraction of sp³-hybridized carbons (Fsp3) is 0.727. The summed E-state index contributed by atoms with van der Waals surface area (Å²) in [4.78, 5) is 78.3. The maximum atomic E-state index is 11.6. The van der Waals surface area contributed by atoms with E-state index in [9.17, 15) is 28.8 Å². The lowest BCUT2D eigenvalue weighted by molar-refractivity contribution is -0.197. The molecule has 0 saturated carbocycles. The second kappa shape index (κ2) is 15.9. The van der Waals surface area contributed by atoms with Gasteiger partial charge in [-0.1, -0.05) is 0 Å². The first-order chi connectivity index (χ1) is 16.9. The molecule has 2 fully saturated rings. The van der Waals surface area contributed by atoms with Crippen molar-refractivity contribution in [2.75, 3.05) is 39.6 Å². The number of amides is 4. The molecule has 2 saturated heterocycles. The summed E-state index contributed by atoms with van der Waals surface area (Å²) in [7, 11) is 0. The highest BCUT2D eigenvalue weighted by molar-refractivity contribution is 6.02. The van der Waals surface area contributed by atoms with Gasteiger partial charge in [0.15, 0.2) is 0 Å². The first-order valence-corrected chi connectivity index (χ1v) is 11.7. The topological polar surface area (TPSA) is 155 Å². The van der Waals surface area contributed by atoms with Gasteiger partial charge in [-0.3, -0.25) is 19.2 Å². The van der Waals surface area contributed by atoms with Crippen molar-refractivity contribution >= 4 is 35.6 Å². The van der Waals surface area contributed by atoms with Crippen LogP contribution in [0.25, 0.3) is 0 Å². The fourth-order valence-electron chi connectivity index (χ4n) is 3.10. The smallest absolute Gasteiger partial charge is 0.333 e.